The summed E-state index contributed by atoms with van der Waals surface area (Å²) in [4.78, 5) is 4.16. The summed E-state index contributed by atoms with van der Waals surface area (Å²) in [5, 5.41) is 4.62. The van der Waals surface area contributed by atoms with E-state index in [4.69, 9.17) is 4.74 Å². The summed E-state index contributed by atoms with van der Waals surface area (Å²) in [6.45, 7) is 5.09. The Bertz CT molecular complexity index is 1190. The molecule has 38 heavy (non-hydrogen) atoms. The highest BCUT2D eigenvalue weighted by Crippen LogP contribution is 2.46. The fraction of sp³-hybridized carbons (Fsp3) is 0.353. The van der Waals surface area contributed by atoms with Gasteiger partial charge < -0.3 is 10.1 Å². The second kappa shape index (κ2) is 11.9. The fourth-order valence-electron chi connectivity index (χ4n) is 6.46. The van der Waals surface area contributed by atoms with Crippen molar-refractivity contribution in [3.63, 3.8) is 0 Å². The van der Waals surface area contributed by atoms with Gasteiger partial charge in [-0.2, -0.15) is 0 Å². The van der Waals surface area contributed by atoms with E-state index < -0.39 is 0 Å². The number of rotatable bonds is 9. The monoisotopic (exact) mass is 522 g/mol. The molecule has 0 spiro atoms. The molecular formula is C34H38N2OS. The average Bonchev–Trinajstić information content (AvgIpc) is 3.40. The summed E-state index contributed by atoms with van der Waals surface area (Å²) >= 11 is 1.86. The smallest absolute Gasteiger partial charge is 0.174 e. The highest BCUT2D eigenvalue weighted by molar-refractivity contribution is 7.14. The van der Waals surface area contributed by atoms with Crippen LogP contribution in [0.3, 0.4) is 0 Å². The predicted molar refractivity (Wildman–Crippen MR) is 158 cm³/mol. The number of thiophene rings is 1. The predicted octanol–water partition coefficient (Wildman–Crippen LogP) is 7.26. The lowest BCUT2D eigenvalue weighted by Gasteiger charge is -2.47. The van der Waals surface area contributed by atoms with Gasteiger partial charge in [0.25, 0.3) is 0 Å². The molecule has 3 aromatic carbocycles. The number of hydrogen-bond donors (Lipinski definition) is 1. The number of fused-ring (bicyclic) bond motifs is 1. The van der Waals surface area contributed by atoms with Crippen molar-refractivity contribution in [2.45, 2.75) is 44.2 Å². The zero-order valence-electron chi connectivity index (χ0n) is 22.1. The van der Waals surface area contributed by atoms with E-state index in [0.29, 0.717) is 0 Å². The van der Waals surface area contributed by atoms with Gasteiger partial charge in [-0.05, 0) is 79.4 Å². The fourth-order valence-corrected chi connectivity index (χ4v) is 7.50. The van der Waals surface area contributed by atoms with Crippen LogP contribution in [0.25, 0.3) is 0 Å². The van der Waals surface area contributed by atoms with Crippen molar-refractivity contribution in [2.24, 2.45) is 5.92 Å². The third-order valence-electron chi connectivity index (χ3n) is 8.29. The van der Waals surface area contributed by atoms with Crippen LogP contribution in [0.2, 0.25) is 0 Å². The number of nitrogens with one attached hydrogen (secondary N) is 1. The van der Waals surface area contributed by atoms with Gasteiger partial charge in [0.2, 0.25) is 0 Å². The van der Waals surface area contributed by atoms with Crippen molar-refractivity contribution in [2.75, 3.05) is 26.2 Å². The van der Waals surface area contributed by atoms with Crippen LogP contribution < -0.4 is 10.1 Å². The molecule has 2 aliphatic rings. The quantitative estimate of drug-likeness (QED) is 0.185. The molecule has 0 saturated carbocycles. The van der Waals surface area contributed by atoms with Gasteiger partial charge in [0.1, 0.15) is 0 Å². The highest BCUT2D eigenvalue weighted by Gasteiger charge is 2.43. The van der Waals surface area contributed by atoms with E-state index >= 15 is 0 Å². The van der Waals surface area contributed by atoms with Crippen LogP contribution in [0.1, 0.15) is 52.8 Å². The highest BCUT2D eigenvalue weighted by atomic mass is 32.1. The molecule has 1 aromatic heterocycles. The molecule has 6 rings (SSSR count). The van der Waals surface area contributed by atoms with Gasteiger partial charge in [0, 0.05) is 18.0 Å². The van der Waals surface area contributed by atoms with Gasteiger partial charge >= 0.3 is 0 Å². The van der Waals surface area contributed by atoms with Crippen molar-refractivity contribution in [3.8, 4) is 5.06 Å². The van der Waals surface area contributed by atoms with E-state index in [0.717, 1.165) is 43.5 Å². The van der Waals surface area contributed by atoms with E-state index in [-0.39, 0.29) is 5.54 Å². The Kier molecular flexibility index (Phi) is 7.91. The summed E-state index contributed by atoms with van der Waals surface area (Å²) in [6.07, 6.45) is 6.13. The molecular weight excluding hydrogens is 484 g/mol. The Morgan fingerprint density at radius 3 is 2.08 bits per heavy atom. The molecule has 4 aromatic rings. The van der Waals surface area contributed by atoms with Gasteiger partial charge in [0.15, 0.2) is 5.06 Å². The van der Waals surface area contributed by atoms with Gasteiger partial charge in [0.05, 0.1) is 12.1 Å². The van der Waals surface area contributed by atoms with Crippen LogP contribution in [-0.4, -0.2) is 31.1 Å². The van der Waals surface area contributed by atoms with Crippen molar-refractivity contribution in [3.05, 3.63) is 124 Å². The molecule has 3 heterocycles. The van der Waals surface area contributed by atoms with Crippen LogP contribution in [0.4, 0.5) is 0 Å². The molecule has 4 heteroatoms. The third kappa shape index (κ3) is 5.18. The molecule has 0 amide bonds. The second-order valence-corrected chi connectivity index (χ2v) is 11.8. The lowest BCUT2D eigenvalue weighted by molar-refractivity contribution is 0.140. The Balaban J connectivity index is 1.27. The van der Waals surface area contributed by atoms with Crippen LogP contribution in [0.15, 0.2) is 97.1 Å². The summed E-state index contributed by atoms with van der Waals surface area (Å²) in [5.41, 5.74) is 4.98. The number of nitrogens with zero attached hydrogens (tertiary/aromatic N) is 1. The Morgan fingerprint density at radius 1 is 0.868 bits per heavy atom. The van der Waals surface area contributed by atoms with Gasteiger partial charge in [-0.1, -0.05) is 91.0 Å². The normalized spacial score (nSPS) is 18.2. The van der Waals surface area contributed by atoms with Crippen LogP contribution in [0, 0.1) is 5.92 Å². The van der Waals surface area contributed by atoms with Crippen LogP contribution in [-0.2, 0) is 18.5 Å². The first-order chi connectivity index (χ1) is 18.8. The SMILES string of the molecule is c1ccc(C(c2ccccc2)(c2ccccc2)N2CCc3sc(OCCCC4CCCNC4)cc3C2)cc1. The minimum absolute atomic E-state index is 0.363. The Morgan fingerprint density at radius 2 is 1.50 bits per heavy atom. The third-order valence-corrected chi connectivity index (χ3v) is 9.44. The second-order valence-electron chi connectivity index (χ2n) is 10.7. The van der Waals surface area contributed by atoms with Crippen molar-refractivity contribution >= 4 is 11.3 Å². The summed E-state index contributed by atoms with van der Waals surface area (Å²) in [6, 6.07) is 35.4. The van der Waals surface area contributed by atoms with Crippen molar-refractivity contribution in [1.29, 1.82) is 0 Å². The molecule has 1 N–H and O–H groups in total. The van der Waals surface area contributed by atoms with Crippen molar-refractivity contribution < 1.29 is 4.74 Å². The van der Waals surface area contributed by atoms with Gasteiger partial charge in [-0.25, -0.2) is 0 Å². The summed E-state index contributed by atoms with van der Waals surface area (Å²) in [7, 11) is 0. The minimum Gasteiger partial charge on any atom is -0.484 e. The van der Waals surface area contributed by atoms with Crippen molar-refractivity contribution in [1.82, 2.24) is 10.2 Å². The first-order valence-electron chi connectivity index (χ1n) is 14.2. The standard InChI is InChI=1S/C34H38N2OS/c1-4-14-29(15-5-1)34(30-16-6-2-7-17-30,31-18-8-3-9-19-31)36-22-20-32-28(26-36)24-33(38-32)37-23-11-13-27-12-10-21-35-25-27/h1-9,14-19,24,27,35H,10-13,20-23,25-26H2. The van der Waals surface area contributed by atoms with Gasteiger partial charge in [-0.15, -0.1) is 11.3 Å². The topological polar surface area (TPSA) is 24.5 Å². The summed E-state index contributed by atoms with van der Waals surface area (Å²) < 4.78 is 6.30. The number of hydrogen-bond acceptors (Lipinski definition) is 4. The maximum atomic E-state index is 6.30. The number of benzene rings is 3. The molecule has 196 valence electrons. The number of piperidine rings is 1. The molecule has 1 unspecified atom stereocenters. The van der Waals surface area contributed by atoms with Crippen LogP contribution >= 0.6 is 11.3 Å². The van der Waals surface area contributed by atoms with E-state index in [2.05, 4.69) is 107 Å². The Hall–Kier alpha value is -2.92. The molecule has 3 nitrogen and oxygen atoms in total. The molecule has 0 aliphatic carbocycles. The summed E-state index contributed by atoms with van der Waals surface area (Å²) in [5.74, 6) is 0.819. The maximum Gasteiger partial charge on any atom is 0.174 e. The Labute approximate surface area is 231 Å². The zero-order chi connectivity index (χ0) is 25.6. The molecule has 2 aliphatic heterocycles. The number of ether oxygens (including phenoxy) is 1. The first kappa shape index (κ1) is 25.4. The molecule has 1 fully saturated rings. The lowest BCUT2D eigenvalue weighted by atomic mass is 9.74. The lowest BCUT2D eigenvalue weighted by Crippen LogP contribution is -2.49. The molecule has 0 radical (unpaired) electrons. The largest absolute Gasteiger partial charge is 0.484 e. The minimum atomic E-state index is -0.363. The first-order valence-corrected chi connectivity index (χ1v) is 15.0. The van der Waals surface area contributed by atoms with Gasteiger partial charge in [-0.3, -0.25) is 4.90 Å². The zero-order valence-corrected chi connectivity index (χ0v) is 23.0. The average molecular weight is 523 g/mol. The van der Waals surface area contributed by atoms with E-state index in [1.165, 1.54) is 59.5 Å². The molecule has 1 atom stereocenters. The molecule has 1 saturated heterocycles. The van der Waals surface area contributed by atoms with E-state index in [1.807, 2.05) is 11.3 Å². The van der Waals surface area contributed by atoms with E-state index in [9.17, 15) is 0 Å². The maximum absolute atomic E-state index is 6.30. The molecule has 0 bridgehead atoms. The van der Waals surface area contributed by atoms with Crippen LogP contribution in [0.5, 0.6) is 5.06 Å². The van der Waals surface area contributed by atoms with E-state index in [1.54, 1.807) is 0 Å².